The van der Waals surface area contributed by atoms with Crippen molar-refractivity contribution in [2.45, 2.75) is 45.4 Å². The van der Waals surface area contributed by atoms with Crippen molar-refractivity contribution in [3.8, 4) is 0 Å². The van der Waals surface area contributed by atoms with Gasteiger partial charge in [0.1, 0.15) is 11.9 Å². The Labute approximate surface area is 177 Å². The summed E-state index contributed by atoms with van der Waals surface area (Å²) in [6, 6.07) is 14.5. The lowest BCUT2D eigenvalue weighted by atomic mass is 10.0. The largest absolute Gasteiger partial charge is 0.376 e. The highest BCUT2D eigenvalue weighted by Gasteiger charge is 2.33. The predicted molar refractivity (Wildman–Crippen MR) is 113 cm³/mol. The lowest BCUT2D eigenvalue weighted by Crippen LogP contribution is -2.46. The molecule has 6 heteroatoms. The smallest absolute Gasteiger partial charge is 0.247 e. The van der Waals surface area contributed by atoms with E-state index in [1.165, 1.54) is 12.1 Å². The fourth-order valence-corrected chi connectivity index (χ4v) is 3.64. The van der Waals surface area contributed by atoms with Gasteiger partial charge in [0.05, 0.1) is 6.10 Å². The molecule has 0 spiro atoms. The first kappa shape index (κ1) is 22.0. The van der Waals surface area contributed by atoms with Gasteiger partial charge in [-0.2, -0.15) is 0 Å². The van der Waals surface area contributed by atoms with Gasteiger partial charge in [0, 0.05) is 25.6 Å². The third-order valence-electron chi connectivity index (χ3n) is 5.25. The Morgan fingerprint density at radius 2 is 1.83 bits per heavy atom. The van der Waals surface area contributed by atoms with Crippen LogP contribution in [-0.2, 0) is 20.9 Å². The molecule has 0 aliphatic carbocycles. The van der Waals surface area contributed by atoms with Crippen LogP contribution in [0.25, 0.3) is 0 Å². The number of rotatable bonds is 8. The monoisotopic (exact) mass is 412 g/mol. The fraction of sp³-hybridized carbons (Fsp3) is 0.417. The summed E-state index contributed by atoms with van der Waals surface area (Å²) in [5.74, 6) is -1.01. The molecule has 1 fully saturated rings. The van der Waals surface area contributed by atoms with Crippen LogP contribution >= 0.6 is 0 Å². The molecule has 1 aliphatic rings. The van der Waals surface area contributed by atoms with E-state index in [9.17, 15) is 14.0 Å². The first-order valence-electron chi connectivity index (χ1n) is 10.4. The Morgan fingerprint density at radius 3 is 2.43 bits per heavy atom. The molecule has 1 heterocycles. The highest BCUT2D eigenvalue weighted by molar-refractivity contribution is 5.89. The molecule has 30 heavy (non-hydrogen) atoms. The molecule has 2 atom stereocenters. The SMILES string of the molecule is CC(C)C(=O)N(Cc1ccc(F)cc1)C(C(=O)NCC1CCCO1)c1ccccc1. The van der Waals surface area contributed by atoms with Gasteiger partial charge in [0.2, 0.25) is 11.8 Å². The van der Waals surface area contributed by atoms with Gasteiger partial charge < -0.3 is 15.0 Å². The molecule has 0 saturated carbocycles. The van der Waals surface area contributed by atoms with E-state index in [1.54, 1.807) is 17.0 Å². The second-order valence-corrected chi connectivity index (χ2v) is 7.94. The molecule has 3 rings (SSSR count). The molecular formula is C24H29FN2O3. The number of nitrogens with one attached hydrogen (secondary N) is 1. The van der Waals surface area contributed by atoms with Gasteiger partial charge in [-0.05, 0) is 36.1 Å². The summed E-state index contributed by atoms with van der Waals surface area (Å²) >= 11 is 0. The molecule has 2 aromatic carbocycles. The van der Waals surface area contributed by atoms with E-state index in [4.69, 9.17) is 4.74 Å². The number of ether oxygens (including phenoxy) is 1. The van der Waals surface area contributed by atoms with Crippen molar-refractivity contribution < 1.29 is 18.7 Å². The van der Waals surface area contributed by atoms with Gasteiger partial charge in [-0.1, -0.05) is 56.3 Å². The number of hydrogen-bond donors (Lipinski definition) is 1. The minimum Gasteiger partial charge on any atom is -0.376 e. The summed E-state index contributed by atoms with van der Waals surface area (Å²) in [5.41, 5.74) is 1.50. The topological polar surface area (TPSA) is 58.6 Å². The van der Waals surface area contributed by atoms with Crippen LogP contribution in [-0.4, -0.2) is 36.0 Å². The van der Waals surface area contributed by atoms with E-state index >= 15 is 0 Å². The Kier molecular flexibility index (Phi) is 7.57. The minimum absolute atomic E-state index is 0.0109. The average molecular weight is 413 g/mol. The molecule has 5 nitrogen and oxygen atoms in total. The van der Waals surface area contributed by atoms with Crippen molar-refractivity contribution in [2.24, 2.45) is 5.92 Å². The molecule has 0 radical (unpaired) electrons. The molecule has 160 valence electrons. The Morgan fingerprint density at radius 1 is 1.13 bits per heavy atom. The number of benzene rings is 2. The molecule has 1 saturated heterocycles. The van der Waals surface area contributed by atoms with E-state index < -0.39 is 6.04 Å². The molecular weight excluding hydrogens is 383 g/mol. The van der Waals surface area contributed by atoms with Crippen LogP contribution in [0.15, 0.2) is 54.6 Å². The zero-order valence-electron chi connectivity index (χ0n) is 17.5. The first-order valence-corrected chi connectivity index (χ1v) is 10.4. The number of carbonyl (C=O) groups is 2. The normalized spacial score (nSPS) is 17.0. The summed E-state index contributed by atoms with van der Waals surface area (Å²) in [4.78, 5) is 28.0. The summed E-state index contributed by atoms with van der Waals surface area (Å²) in [6.45, 7) is 4.97. The summed E-state index contributed by atoms with van der Waals surface area (Å²) < 4.78 is 19.0. The summed E-state index contributed by atoms with van der Waals surface area (Å²) in [5, 5.41) is 2.97. The highest BCUT2D eigenvalue weighted by Crippen LogP contribution is 2.26. The van der Waals surface area contributed by atoms with Crippen molar-refractivity contribution in [1.82, 2.24) is 10.2 Å². The van der Waals surface area contributed by atoms with Crippen molar-refractivity contribution in [2.75, 3.05) is 13.2 Å². The molecule has 1 N–H and O–H groups in total. The van der Waals surface area contributed by atoms with Gasteiger partial charge in [0.15, 0.2) is 0 Å². The van der Waals surface area contributed by atoms with Crippen LogP contribution in [0.4, 0.5) is 4.39 Å². The second kappa shape index (κ2) is 10.3. The van der Waals surface area contributed by atoms with Crippen LogP contribution in [0, 0.1) is 11.7 Å². The average Bonchev–Trinajstić information content (AvgIpc) is 3.27. The maximum Gasteiger partial charge on any atom is 0.247 e. The van der Waals surface area contributed by atoms with Gasteiger partial charge in [-0.25, -0.2) is 4.39 Å². The van der Waals surface area contributed by atoms with Crippen LogP contribution in [0.3, 0.4) is 0 Å². The standard InChI is InChI=1S/C24H29FN2O3/c1-17(2)24(29)27(16-18-10-12-20(25)13-11-18)22(19-7-4-3-5-8-19)23(28)26-15-21-9-6-14-30-21/h3-5,7-8,10-13,17,21-22H,6,9,14-16H2,1-2H3,(H,26,28). The third-order valence-corrected chi connectivity index (χ3v) is 5.25. The van der Waals surface area contributed by atoms with Crippen molar-refractivity contribution in [3.63, 3.8) is 0 Å². The Hall–Kier alpha value is -2.73. The third kappa shape index (κ3) is 5.66. The first-order chi connectivity index (χ1) is 14.5. The number of amides is 2. The second-order valence-electron chi connectivity index (χ2n) is 7.94. The maximum atomic E-state index is 13.4. The van der Waals surface area contributed by atoms with Gasteiger partial charge in [0.25, 0.3) is 0 Å². The highest BCUT2D eigenvalue weighted by atomic mass is 19.1. The number of halogens is 1. The van der Waals surface area contributed by atoms with Crippen molar-refractivity contribution in [3.05, 3.63) is 71.5 Å². The van der Waals surface area contributed by atoms with Gasteiger partial charge in [-0.15, -0.1) is 0 Å². The zero-order valence-corrected chi connectivity index (χ0v) is 17.5. The summed E-state index contributed by atoms with van der Waals surface area (Å²) in [7, 11) is 0. The van der Waals surface area contributed by atoms with E-state index in [0.29, 0.717) is 13.2 Å². The molecule has 1 aliphatic heterocycles. The Balaban J connectivity index is 1.89. The van der Waals surface area contributed by atoms with Crippen LogP contribution < -0.4 is 5.32 Å². The molecule has 2 unspecified atom stereocenters. The molecule has 2 amide bonds. The van der Waals surface area contributed by atoms with E-state index in [-0.39, 0.29) is 36.2 Å². The van der Waals surface area contributed by atoms with E-state index in [2.05, 4.69) is 5.32 Å². The molecule has 2 aromatic rings. The van der Waals surface area contributed by atoms with Gasteiger partial charge >= 0.3 is 0 Å². The lowest BCUT2D eigenvalue weighted by molar-refractivity contribution is -0.144. The predicted octanol–water partition coefficient (Wildman–Crippen LogP) is 3.85. The summed E-state index contributed by atoms with van der Waals surface area (Å²) in [6.07, 6.45) is 1.92. The van der Waals surface area contributed by atoms with E-state index in [1.807, 2.05) is 44.2 Å². The number of hydrogen-bond acceptors (Lipinski definition) is 3. The quantitative estimate of drug-likeness (QED) is 0.717. The van der Waals surface area contributed by atoms with Crippen LogP contribution in [0.5, 0.6) is 0 Å². The Bertz CT molecular complexity index is 833. The molecule has 0 bridgehead atoms. The van der Waals surface area contributed by atoms with Gasteiger partial charge in [-0.3, -0.25) is 9.59 Å². The van der Waals surface area contributed by atoms with Crippen LogP contribution in [0.2, 0.25) is 0 Å². The maximum absolute atomic E-state index is 13.4. The van der Waals surface area contributed by atoms with Crippen LogP contribution in [0.1, 0.15) is 43.9 Å². The number of nitrogens with zero attached hydrogens (tertiary/aromatic N) is 1. The molecule has 0 aromatic heterocycles. The fourth-order valence-electron chi connectivity index (χ4n) is 3.64. The lowest BCUT2D eigenvalue weighted by Gasteiger charge is -2.33. The van der Waals surface area contributed by atoms with Crippen molar-refractivity contribution in [1.29, 1.82) is 0 Å². The number of carbonyl (C=O) groups excluding carboxylic acids is 2. The zero-order chi connectivity index (χ0) is 21.5. The van der Waals surface area contributed by atoms with Crippen molar-refractivity contribution >= 4 is 11.8 Å². The minimum atomic E-state index is -0.785. The van der Waals surface area contributed by atoms with E-state index in [0.717, 1.165) is 24.0 Å².